The van der Waals surface area contributed by atoms with Gasteiger partial charge in [0.05, 0.1) is 25.3 Å². The third kappa shape index (κ3) is 7.40. The SMILES string of the molecule is CCOCCOc1cc(C)c(-c2cccc3c2CCC3Nc2ccc(CCC(=O)OS(C)(=O)=O)c(F)c2)c(C)c1. The summed E-state index contributed by atoms with van der Waals surface area (Å²) in [6.07, 6.45) is 2.40. The number of carbonyl (C=O) groups is 1. The Morgan fingerprint density at radius 2 is 1.82 bits per heavy atom. The van der Waals surface area contributed by atoms with E-state index in [0.29, 0.717) is 31.1 Å². The van der Waals surface area contributed by atoms with Gasteiger partial charge in [0.25, 0.3) is 0 Å². The van der Waals surface area contributed by atoms with Crippen LogP contribution in [0.25, 0.3) is 11.1 Å². The van der Waals surface area contributed by atoms with Gasteiger partial charge >= 0.3 is 16.1 Å². The fourth-order valence-corrected chi connectivity index (χ4v) is 5.74. The van der Waals surface area contributed by atoms with Crippen molar-refractivity contribution < 1.29 is 31.3 Å². The summed E-state index contributed by atoms with van der Waals surface area (Å²) in [7, 11) is -3.88. The minimum Gasteiger partial charge on any atom is -0.491 e. The second-order valence-electron chi connectivity index (χ2n) is 10.1. The number of benzene rings is 3. The molecule has 1 atom stereocenters. The van der Waals surface area contributed by atoms with E-state index in [9.17, 15) is 17.6 Å². The van der Waals surface area contributed by atoms with Crippen LogP contribution in [0.15, 0.2) is 48.5 Å². The number of anilines is 1. The van der Waals surface area contributed by atoms with Crippen LogP contribution in [0.1, 0.15) is 53.6 Å². The minimum atomic E-state index is -3.88. The van der Waals surface area contributed by atoms with E-state index in [-0.39, 0.29) is 18.9 Å². The first-order valence-corrected chi connectivity index (χ1v) is 15.3. The lowest BCUT2D eigenvalue weighted by atomic mass is 9.90. The number of carbonyl (C=O) groups excluding carboxylic acids is 1. The third-order valence-electron chi connectivity index (χ3n) is 6.98. The zero-order valence-corrected chi connectivity index (χ0v) is 24.2. The van der Waals surface area contributed by atoms with Crippen molar-refractivity contribution >= 4 is 21.8 Å². The van der Waals surface area contributed by atoms with E-state index >= 15 is 0 Å². The van der Waals surface area contributed by atoms with Gasteiger partial charge in [-0.2, -0.15) is 8.42 Å². The normalized spacial score (nSPS) is 14.6. The number of halogens is 1. The number of rotatable bonds is 12. The van der Waals surface area contributed by atoms with Crippen LogP contribution < -0.4 is 10.1 Å². The molecule has 0 aliphatic heterocycles. The van der Waals surface area contributed by atoms with Gasteiger partial charge in [0.2, 0.25) is 0 Å². The molecule has 0 saturated carbocycles. The summed E-state index contributed by atoms with van der Waals surface area (Å²) in [5.41, 5.74) is 8.16. The Balaban J connectivity index is 1.47. The lowest BCUT2D eigenvalue weighted by molar-refractivity contribution is -0.133. The number of ether oxygens (including phenoxy) is 2. The van der Waals surface area contributed by atoms with E-state index in [0.717, 1.165) is 36.0 Å². The van der Waals surface area contributed by atoms with Crippen LogP contribution in [-0.4, -0.2) is 40.5 Å². The predicted molar refractivity (Wildman–Crippen MR) is 154 cm³/mol. The van der Waals surface area contributed by atoms with Crippen LogP contribution in [0.5, 0.6) is 5.75 Å². The quantitative estimate of drug-likeness (QED) is 0.209. The molecule has 0 fully saturated rings. The molecule has 4 rings (SSSR count). The lowest BCUT2D eigenvalue weighted by Gasteiger charge is -2.19. The second kappa shape index (κ2) is 12.8. The molecule has 1 aliphatic rings. The predicted octanol–water partition coefficient (Wildman–Crippen LogP) is 6.06. The van der Waals surface area contributed by atoms with Gasteiger partial charge in [-0.1, -0.05) is 24.3 Å². The highest BCUT2D eigenvalue weighted by atomic mass is 32.2. The Bertz CT molecular complexity index is 1460. The summed E-state index contributed by atoms with van der Waals surface area (Å²) in [6, 6.07) is 15.3. The molecule has 0 saturated heterocycles. The average Bonchev–Trinajstić information content (AvgIpc) is 3.28. The van der Waals surface area contributed by atoms with Crippen molar-refractivity contribution in [1.29, 1.82) is 0 Å². The van der Waals surface area contributed by atoms with Crippen LogP contribution in [0.4, 0.5) is 10.1 Å². The van der Waals surface area contributed by atoms with Crippen LogP contribution in [0.3, 0.4) is 0 Å². The van der Waals surface area contributed by atoms with Gasteiger partial charge in [0.15, 0.2) is 0 Å². The van der Waals surface area contributed by atoms with E-state index < -0.39 is 21.9 Å². The number of hydrogen-bond acceptors (Lipinski definition) is 7. The Morgan fingerprint density at radius 1 is 1.07 bits per heavy atom. The molecule has 9 heteroatoms. The first-order valence-electron chi connectivity index (χ1n) is 13.5. The minimum absolute atomic E-state index is 0.0340. The fourth-order valence-electron chi connectivity index (χ4n) is 5.32. The molecule has 0 bridgehead atoms. The first kappa shape index (κ1) is 29.6. The molecule has 1 aliphatic carbocycles. The number of aryl methyl sites for hydroxylation is 3. The van der Waals surface area contributed by atoms with Crippen molar-refractivity contribution in [3.63, 3.8) is 0 Å². The second-order valence-corrected chi connectivity index (χ2v) is 11.6. The summed E-state index contributed by atoms with van der Waals surface area (Å²) >= 11 is 0. The van der Waals surface area contributed by atoms with E-state index in [1.165, 1.54) is 28.3 Å². The van der Waals surface area contributed by atoms with Crippen molar-refractivity contribution in [2.75, 3.05) is 31.4 Å². The van der Waals surface area contributed by atoms with E-state index in [1.807, 2.05) is 6.92 Å². The smallest absolute Gasteiger partial charge is 0.322 e. The van der Waals surface area contributed by atoms with E-state index in [1.54, 1.807) is 12.1 Å². The van der Waals surface area contributed by atoms with Crippen molar-refractivity contribution in [2.45, 2.75) is 52.5 Å². The average molecular weight is 570 g/mol. The highest BCUT2D eigenvalue weighted by Gasteiger charge is 2.26. The topological polar surface area (TPSA) is 90.9 Å². The maximum Gasteiger partial charge on any atom is 0.322 e. The molecule has 3 aromatic rings. The Labute approximate surface area is 235 Å². The molecule has 40 heavy (non-hydrogen) atoms. The Hall–Kier alpha value is -3.43. The largest absolute Gasteiger partial charge is 0.491 e. The van der Waals surface area contributed by atoms with Gasteiger partial charge in [0.1, 0.15) is 18.2 Å². The molecular weight excluding hydrogens is 533 g/mol. The molecule has 214 valence electrons. The standard InChI is InChI=1S/C31H36FNO6S/c1-5-37-15-16-38-24-17-20(2)31(21(3)18-24)27-8-6-7-26-25(27)12-13-29(26)33-23-11-9-22(28(32)19-23)10-14-30(34)39-40(4,35)36/h6-9,11,17-19,29,33H,5,10,12-16H2,1-4H3. The van der Waals surface area contributed by atoms with Gasteiger partial charge in [-0.05, 0) is 103 Å². The van der Waals surface area contributed by atoms with Crippen molar-refractivity contribution in [3.05, 3.63) is 82.2 Å². The van der Waals surface area contributed by atoms with Gasteiger partial charge < -0.3 is 19.0 Å². The lowest BCUT2D eigenvalue weighted by Crippen LogP contribution is -2.12. The summed E-state index contributed by atoms with van der Waals surface area (Å²) in [4.78, 5) is 11.7. The fraction of sp³-hybridized carbons (Fsp3) is 0.387. The van der Waals surface area contributed by atoms with E-state index in [4.69, 9.17) is 9.47 Å². The molecule has 3 aromatic carbocycles. The summed E-state index contributed by atoms with van der Waals surface area (Å²) in [5.74, 6) is -0.529. The van der Waals surface area contributed by atoms with Gasteiger partial charge in [-0.15, -0.1) is 0 Å². The van der Waals surface area contributed by atoms with Crippen LogP contribution in [-0.2, 0) is 36.7 Å². The highest BCUT2D eigenvalue weighted by Crippen LogP contribution is 2.42. The molecular formula is C31H36FNO6S. The molecule has 0 amide bonds. The van der Waals surface area contributed by atoms with Crippen molar-refractivity contribution in [3.8, 4) is 16.9 Å². The highest BCUT2D eigenvalue weighted by molar-refractivity contribution is 7.86. The maximum atomic E-state index is 14.8. The van der Waals surface area contributed by atoms with Crippen LogP contribution >= 0.6 is 0 Å². The molecule has 0 aromatic heterocycles. The van der Waals surface area contributed by atoms with E-state index in [2.05, 4.69) is 53.7 Å². The number of hydrogen-bond donors (Lipinski definition) is 1. The number of nitrogens with one attached hydrogen (secondary N) is 1. The zero-order chi connectivity index (χ0) is 28.9. The van der Waals surface area contributed by atoms with Crippen LogP contribution in [0.2, 0.25) is 0 Å². The monoisotopic (exact) mass is 569 g/mol. The zero-order valence-electron chi connectivity index (χ0n) is 23.4. The summed E-state index contributed by atoms with van der Waals surface area (Å²) in [6.45, 7) is 7.91. The molecule has 7 nitrogen and oxygen atoms in total. The van der Waals surface area contributed by atoms with Crippen molar-refractivity contribution in [1.82, 2.24) is 0 Å². The number of fused-ring (bicyclic) bond motifs is 1. The Morgan fingerprint density at radius 3 is 2.50 bits per heavy atom. The molecule has 0 heterocycles. The van der Waals surface area contributed by atoms with Gasteiger partial charge in [-0.3, -0.25) is 4.79 Å². The van der Waals surface area contributed by atoms with Gasteiger partial charge in [0, 0.05) is 12.3 Å². The van der Waals surface area contributed by atoms with Gasteiger partial charge in [-0.25, -0.2) is 4.39 Å². The van der Waals surface area contributed by atoms with Crippen LogP contribution in [0, 0.1) is 19.7 Å². The molecule has 1 N–H and O–H groups in total. The van der Waals surface area contributed by atoms with Crippen molar-refractivity contribution in [2.24, 2.45) is 0 Å². The molecule has 0 spiro atoms. The summed E-state index contributed by atoms with van der Waals surface area (Å²) < 4.78 is 52.5. The summed E-state index contributed by atoms with van der Waals surface area (Å²) in [5, 5.41) is 3.47. The Kier molecular flexibility index (Phi) is 9.48. The molecule has 1 unspecified atom stereocenters. The first-order chi connectivity index (χ1) is 19.1. The maximum absolute atomic E-state index is 14.8. The molecule has 0 radical (unpaired) electrons. The third-order valence-corrected chi connectivity index (χ3v) is 7.47.